The predicted octanol–water partition coefficient (Wildman–Crippen LogP) is 4.52. The quantitative estimate of drug-likeness (QED) is 0.626. The lowest BCUT2D eigenvalue weighted by Gasteiger charge is -2.33. The Bertz CT molecular complexity index is 970. The van der Waals surface area contributed by atoms with Gasteiger partial charge in [-0.15, -0.1) is 11.3 Å². The fourth-order valence-electron chi connectivity index (χ4n) is 3.45. The van der Waals surface area contributed by atoms with Gasteiger partial charge < -0.3 is 4.90 Å². The van der Waals surface area contributed by atoms with Crippen LogP contribution >= 0.6 is 22.9 Å². The number of hydrogen-bond donors (Lipinski definition) is 0. The average molecular weight is 382 g/mol. The second-order valence-corrected chi connectivity index (χ2v) is 7.89. The number of carbonyl (C=O) groups excluding carboxylic acids is 1. The fraction of sp³-hybridized carbons (Fsp3) is 0.150. The number of thiophene rings is 1. The Balaban J connectivity index is 1.84. The van der Waals surface area contributed by atoms with Crippen molar-refractivity contribution in [3.05, 3.63) is 82.0 Å². The second-order valence-electron chi connectivity index (χ2n) is 6.12. The summed E-state index contributed by atoms with van der Waals surface area (Å²) in [6.07, 6.45) is 6.51. The van der Waals surface area contributed by atoms with Crippen LogP contribution in [0.25, 0.3) is 11.1 Å². The summed E-state index contributed by atoms with van der Waals surface area (Å²) in [6.45, 7) is 4.80. The van der Waals surface area contributed by atoms with E-state index in [1.165, 1.54) is 29.3 Å². The van der Waals surface area contributed by atoms with Gasteiger partial charge in [-0.1, -0.05) is 42.4 Å². The minimum absolute atomic E-state index is 0.0443. The van der Waals surface area contributed by atoms with Crippen molar-refractivity contribution in [2.75, 3.05) is 6.54 Å². The van der Waals surface area contributed by atoms with Crippen molar-refractivity contribution < 1.29 is 4.79 Å². The molecule has 0 aliphatic carbocycles. The largest absolute Gasteiger partial charge is 0.333 e. The van der Waals surface area contributed by atoms with E-state index in [4.69, 9.17) is 11.6 Å². The van der Waals surface area contributed by atoms with E-state index >= 15 is 0 Å². The van der Waals surface area contributed by atoms with Crippen LogP contribution in [0.3, 0.4) is 0 Å². The lowest BCUT2D eigenvalue weighted by Crippen LogP contribution is -2.37. The third kappa shape index (κ3) is 3.04. The minimum atomic E-state index is -0.0642. The molecule has 26 heavy (non-hydrogen) atoms. The summed E-state index contributed by atoms with van der Waals surface area (Å²) in [7, 11) is 0. The van der Waals surface area contributed by atoms with Crippen LogP contribution in [-0.4, -0.2) is 27.3 Å². The first-order valence-corrected chi connectivity index (χ1v) is 9.40. The summed E-state index contributed by atoms with van der Waals surface area (Å²) < 4.78 is 0.744. The number of nitrogens with zero attached hydrogens (tertiary/aromatic N) is 3. The summed E-state index contributed by atoms with van der Waals surface area (Å²) in [5.74, 6) is -0.0199. The van der Waals surface area contributed by atoms with Gasteiger partial charge in [0, 0.05) is 35.3 Å². The summed E-state index contributed by atoms with van der Waals surface area (Å²) >= 11 is 7.83. The average Bonchev–Trinajstić information content (AvgIpc) is 3.07. The van der Waals surface area contributed by atoms with E-state index in [2.05, 4.69) is 28.7 Å². The maximum atomic E-state index is 12.3. The molecule has 0 spiro atoms. The first kappa shape index (κ1) is 16.9. The number of amides is 1. The predicted molar refractivity (Wildman–Crippen MR) is 104 cm³/mol. The Morgan fingerprint density at radius 1 is 1.27 bits per heavy atom. The van der Waals surface area contributed by atoms with Crippen molar-refractivity contribution in [2.24, 2.45) is 0 Å². The Morgan fingerprint density at radius 2 is 2.04 bits per heavy atom. The molecule has 1 aliphatic rings. The topological polar surface area (TPSA) is 46.1 Å². The molecule has 0 radical (unpaired) electrons. The molecular weight excluding hydrogens is 366 g/mol. The van der Waals surface area contributed by atoms with E-state index in [0.717, 1.165) is 25.9 Å². The maximum Gasteiger partial charge on any atom is 0.246 e. The van der Waals surface area contributed by atoms with Gasteiger partial charge in [0.05, 0.1) is 10.9 Å². The van der Waals surface area contributed by atoms with E-state index in [-0.39, 0.29) is 11.8 Å². The molecule has 3 aromatic rings. The first-order valence-electron chi connectivity index (χ1n) is 8.21. The van der Waals surface area contributed by atoms with Crippen LogP contribution in [0, 0.1) is 0 Å². The zero-order valence-electron chi connectivity index (χ0n) is 13.9. The molecule has 2 aromatic heterocycles. The van der Waals surface area contributed by atoms with Crippen molar-refractivity contribution >= 4 is 28.8 Å². The van der Waals surface area contributed by atoms with Gasteiger partial charge in [0.15, 0.2) is 0 Å². The molecule has 0 unspecified atom stereocenters. The smallest absolute Gasteiger partial charge is 0.246 e. The molecule has 1 aliphatic heterocycles. The zero-order chi connectivity index (χ0) is 18.1. The van der Waals surface area contributed by atoms with E-state index in [0.29, 0.717) is 13.1 Å². The molecule has 0 saturated carbocycles. The van der Waals surface area contributed by atoms with Crippen LogP contribution in [0.4, 0.5) is 0 Å². The van der Waals surface area contributed by atoms with Gasteiger partial charge in [-0.2, -0.15) is 0 Å². The number of rotatable bonds is 3. The number of hydrogen-bond acceptors (Lipinski definition) is 4. The highest BCUT2D eigenvalue weighted by Gasteiger charge is 2.31. The number of halogens is 1. The molecule has 3 heterocycles. The maximum absolute atomic E-state index is 12.3. The third-order valence-corrected chi connectivity index (χ3v) is 5.88. The van der Waals surface area contributed by atoms with Crippen molar-refractivity contribution in [1.29, 1.82) is 0 Å². The van der Waals surface area contributed by atoms with E-state index < -0.39 is 0 Å². The van der Waals surface area contributed by atoms with Crippen molar-refractivity contribution in [1.82, 2.24) is 14.9 Å². The Hall–Kier alpha value is -2.50. The molecule has 6 heteroatoms. The third-order valence-electron chi connectivity index (χ3n) is 4.62. The molecule has 130 valence electrons. The van der Waals surface area contributed by atoms with Crippen LogP contribution in [0.15, 0.2) is 61.7 Å². The molecule has 4 rings (SSSR count). The number of aromatic nitrogens is 2. The summed E-state index contributed by atoms with van der Waals surface area (Å²) in [5.41, 5.74) is 4.36. The molecule has 0 fully saturated rings. The SMILES string of the molecule is C=CC(=O)N1Cc2sc(Cl)cc2[C@H](c2ccccc2-c2cncnc2)C1. The molecule has 1 atom stereocenters. The van der Waals surface area contributed by atoms with E-state index in [9.17, 15) is 4.79 Å². The van der Waals surface area contributed by atoms with Gasteiger partial charge >= 0.3 is 0 Å². The molecule has 0 N–H and O–H groups in total. The highest BCUT2D eigenvalue weighted by molar-refractivity contribution is 7.16. The standard InChI is InChI=1S/C20H16ClN3OS/c1-2-20(25)24-10-17(16-7-19(21)26-18(16)11-24)15-6-4-3-5-14(15)13-8-22-12-23-9-13/h2-9,12,17H,1,10-11H2/t17-/m0/s1. The summed E-state index contributed by atoms with van der Waals surface area (Å²) in [5, 5.41) is 0. The second kappa shape index (κ2) is 7.02. The van der Waals surface area contributed by atoms with E-state index in [1.54, 1.807) is 0 Å². The van der Waals surface area contributed by atoms with Crippen LogP contribution in [0.1, 0.15) is 21.9 Å². The lowest BCUT2D eigenvalue weighted by molar-refractivity contribution is -0.127. The van der Waals surface area contributed by atoms with Crippen LogP contribution in [0.2, 0.25) is 4.34 Å². The van der Waals surface area contributed by atoms with Crippen LogP contribution in [0.5, 0.6) is 0 Å². The molecule has 4 nitrogen and oxygen atoms in total. The summed E-state index contributed by atoms with van der Waals surface area (Å²) in [4.78, 5) is 23.5. The minimum Gasteiger partial charge on any atom is -0.333 e. The van der Waals surface area contributed by atoms with Gasteiger partial charge in [-0.25, -0.2) is 9.97 Å². The molecule has 0 bridgehead atoms. The normalized spacial score (nSPS) is 16.2. The van der Waals surface area contributed by atoms with Gasteiger partial charge in [0.25, 0.3) is 0 Å². The molecule has 0 saturated heterocycles. The number of benzene rings is 1. The van der Waals surface area contributed by atoms with Gasteiger partial charge in [0.2, 0.25) is 5.91 Å². The Kier molecular flexibility index (Phi) is 4.57. The Morgan fingerprint density at radius 3 is 2.81 bits per heavy atom. The monoisotopic (exact) mass is 381 g/mol. The summed E-state index contributed by atoms with van der Waals surface area (Å²) in [6, 6.07) is 10.2. The molecular formula is C20H16ClN3OS. The van der Waals surface area contributed by atoms with E-state index in [1.807, 2.05) is 35.5 Å². The Labute approximate surface area is 160 Å². The van der Waals surface area contributed by atoms with Gasteiger partial charge in [-0.05, 0) is 28.8 Å². The zero-order valence-corrected chi connectivity index (χ0v) is 15.5. The van der Waals surface area contributed by atoms with Crippen LogP contribution in [-0.2, 0) is 11.3 Å². The van der Waals surface area contributed by atoms with Crippen LogP contribution < -0.4 is 0 Å². The molecule has 1 amide bonds. The number of fused-ring (bicyclic) bond motifs is 1. The van der Waals surface area contributed by atoms with Crippen molar-refractivity contribution in [2.45, 2.75) is 12.5 Å². The molecule has 1 aromatic carbocycles. The highest BCUT2D eigenvalue weighted by Crippen LogP contribution is 2.42. The highest BCUT2D eigenvalue weighted by atomic mass is 35.5. The van der Waals surface area contributed by atoms with Crippen molar-refractivity contribution in [3.63, 3.8) is 0 Å². The number of carbonyl (C=O) groups is 1. The van der Waals surface area contributed by atoms with Gasteiger partial charge in [-0.3, -0.25) is 4.79 Å². The first-order chi connectivity index (χ1) is 12.7. The van der Waals surface area contributed by atoms with Gasteiger partial charge in [0.1, 0.15) is 6.33 Å². The lowest BCUT2D eigenvalue weighted by atomic mass is 9.84. The fourth-order valence-corrected chi connectivity index (χ4v) is 4.81. The van der Waals surface area contributed by atoms with Crippen molar-refractivity contribution in [3.8, 4) is 11.1 Å².